The molecule has 49 heavy (non-hydrogen) atoms. The number of ether oxygens (including phenoxy) is 1. The zero-order chi connectivity index (χ0) is 36.4. The van der Waals surface area contributed by atoms with Crippen molar-refractivity contribution in [1.29, 1.82) is 0 Å². The van der Waals surface area contributed by atoms with Gasteiger partial charge in [-0.3, -0.25) is 9.59 Å². The molecular weight excluding hydrogens is 691 g/mol. The second-order valence-electron chi connectivity index (χ2n) is 12.2. The average Bonchev–Trinajstić information content (AvgIpc) is 3.35. The molecule has 9 nitrogen and oxygen atoms in total. The number of carboxylic acids is 1. The molecular formula is C34H32Cl2F4N4O5. The summed E-state index contributed by atoms with van der Waals surface area (Å²) in [6.07, 6.45) is -3.19. The predicted molar refractivity (Wildman–Crippen MR) is 175 cm³/mol. The molecule has 0 radical (unpaired) electrons. The lowest BCUT2D eigenvalue weighted by molar-refractivity contribution is -0.138. The van der Waals surface area contributed by atoms with E-state index in [2.05, 4.69) is 10.3 Å². The molecule has 0 saturated carbocycles. The fourth-order valence-corrected chi connectivity index (χ4v) is 5.34. The molecule has 4 rings (SSSR count). The second kappa shape index (κ2) is 14.5. The van der Waals surface area contributed by atoms with Crippen molar-refractivity contribution in [3.8, 4) is 11.1 Å². The minimum absolute atomic E-state index is 0.0756. The summed E-state index contributed by atoms with van der Waals surface area (Å²) in [7, 11) is 1.63. The Labute approximate surface area is 288 Å². The number of nitrogens with zero attached hydrogens (tertiary/aromatic N) is 3. The van der Waals surface area contributed by atoms with Crippen LogP contribution in [0.15, 0.2) is 72.0 Å². The Hall–Kier alpha value is -4.62. The highest BCUT2D eigenvalue weighted by atomic mass is 35.5. The van der Waals surface area contributed by atoms with Gasteiger partial charge in [0.05, 0.1) is 34.1 Å². The van der Waals surface area contributed by atoms with Crippen molar-refractivity contribution in [1.82, 2.24) is 14.5 Å². The standard InChI is InChI=1S/C34H32Cl2F4N4O5/c1-18(44-11-10-43(5)31(44)42-32(48)49-33(2,3)4)20-12-21(24-8-7-23(37)16-25(24)34(38,39)40)14-22(13-20)30(47)41-28(17-29(45)46)19-6-9-26(35)27(36)15-19/h6-16,18,28H,17H2,1-5H3,(H,41,47)(H,45,46)/b42-31-. The Bertz CT molecular complexity index is 1980. The van der Waals surface area contributed by atoms with Gasteiger partial charge in [0.2, 0.25) is 5.62 Å². The highest BCUT2D eigenvalue weighted by molar-refractivity contribution is 6.42. The van der Waals surface area contributed by atoms with Crippen molar-refractivity contribution < 1.29 is 41.8 Å². The van der Waals surface area contributed by atoms with Crippen LogP contribution in [0, 0.1) is 5.82 Å². The van der Waals surface area contributed by atoms with Crippen LogP contribution in [-0.2, 0) is 22.8 Å². The summed E-state index contributed by atoms with van der Waals surface area (Å²) < 4.78 is 64.9. The lowest BCUT2D eigenvalue weighted by Gasteiger charge is -2.21. The molecule has 2 amide bonds. The van der Waals surface area contributed by atoms with Crippen LogP contribution in [0.5, 0.6) is 0 Å². The largest absolute Gasteiger partial charge is 0.481 e. The van der Waals surface area contributed by atoms with Gasteiger partial charge in [-0.2, -0.15) is 13.2 Å². The highest BCUT2D eigenvalue weighted by Crippen LogP contribution is 2.39. The third-order valence-electron chi connectivity index (χ3n) is 7.33. The van der Waals surface area contributed by atoms with Crippen molar-refractivity contribution >= 4 is 41.2 Å². The van der Waals surface area contributed by atoms with E-state index in [1.54, 1.807) is 51.7 Å². The van der Waals surface area contributed by atoms with E-state index in [1.807, 2.05) is 0 Å². The Morgan fingerprint density at radius 1 is 0.959 bits per heavy atom. The first-order valence-corrected chi connectivity index (χ1v) is 15.5. The molecule has 2 atom stereocenters. The molecule has 15 heteroatoms. The molecule has 0 spiro atoms. The SMILES string of the molecule is CC(c1cc(C(=O)NC(CC(=O)O)c2ccc(Cl)c(Cl)c2)cc(-c2ccc(F)cc2C(F)(F)F)c1)n1ccn(C)/c1=N/C(=O)OC(C)(C)C. The van der Waals surface area contributed by atoms with Gasteiger partial charge in [0, 0.05) is 25.0 Å². The van der Waals surface area contributed by atoms with E-state index in [1.165, 1.54) is 41.0 Å². The molecule has 0 fully saturated rings. The fourth-order valence-electron chi connectivity index (χ4n) is 5.03. The van der Waals surface area contributed by atoms with Gasteiger partial charge < -0.3 is 24.3 Å². The number of hydrogen-bond donors (Lipinski definition) is 2. The summed E-state index contributed by atoms with van der Waals surface area (Å²) in [5, 5.41) is 12.5. The molecule has 1 aromatic heterocycles. The van der Waals surface area contributed by atoms with E-state index in [-0.39, 0.29) is 26.8 Å². The number of carbonyl (C=O) groups excluding carboxylic acids is 2. The van der Waals surface area contributed by atoms with Crippen LogP contribution in [-0.4, -0.2) is 37.8 Å². The van der Waals surface area contributed by atoms with Crippen molar-refractivity contribution in [2.45, 2.75) is 58.0 Å². The zero-order valence-electron chi connectivity index (χ0n) is 26.9. The van der Waals surface area contributed by atoms with Gasteiger partial charge in [-0.15, -0.1) is 4.99 Å². The number of aryl methyl sites for hydroxylation is 1. The lowest BCUT2D eigenvalue weighted by atomic mass is 9.93. The zero-order valence-corrected chi connectivity index (χ0v) is 28.4. The van der Waals surface area contributed by atoms with Gasteiger partial charge in [0.1, 0.15) is 11.4 Å². The van der Waals surface area contributed by atoms with Gasteiger partial charge in [0.25, 0.3) is 5.91 Å². The Morgan fingerprint density at radius 2 is 1.65 bits per heavy atom. The summed E-state index contributed by atoms with van der Waals surface area (Å²) in [6.45, 7) is 6.70. The van der Waals surface area contributed by atoms with Crippen molar-refractivity contribution in [2.24, 2.45) is 12.0 Å². The van der Waals surface area contributed by atoms with Crippen molar-refractivity contribution in [3.05, 3.63) is 111 Å². The van der Waals surface area contributed by atoms with Gasteiger partial charge in [-0.1, -0.05) is 35.3 Å². The van der Waals surface area contributed by atoms with Crippen molar-refractivity contribution in [3.63, 3.8) is 0 Å². The first kappa shape index (κ1) is 37.2. The molecule has 2 N–H and O–H groups in total. The molecule has 260 valence electrons. The number of halogens is 6. The minimum Gasteiger partial charge on any atom is -0.481 e. The molecule has 0 aliphatic rings. The topological polar surface area (TPSA) is 115 Å². The summed E-state index contributed by atoms with van der Waals surface area (Å²) in [4.78, 5) is 42.2. The molecule has 0 aliphatic carbocycles. The Morgan fingerprint density at radius 3 is 2.27 bits per heavy atom. The maximum Gasteiger partial charge on any atom is 0.437 e. The van der Waals surface area contributed by atoms with E-state index >= 15 is 0 Å². The van der Waals surface area contributed by atoms with Gasteiger partial charge in [-0.25, -0.2) is 9.18 Å². The molecule has 0 aliphatic heterocycles. The van der Waals surface area contributed by atoms with Crippen LogP contribution >= 0.6 is 23.2 Å². The van der Waals surface area contributed by atoms with E-state index in [4.69, 9.17) is 27.9 Å². The Balaban J connectivity index is 1.89. The van der Waals surface area contributed by atoms with E-state index < -0.39 is 65.2 Å². The number of carbonyl (C=O) groups is 3. The molecule has 4 aromatic rings. The number of aromatic nitrogens is 2. The number of hydrogen-bond acceptors (Lipinski definition) is 4. The van der Waals surface area contributed by atoms with Crippen LogP contribution in [0.4, 0.5) is 22.4 Å². The smallest absolute Gasteiger partial charge is 0.437 e. The number of carboxylic acid groups (broad SMARTS) is 1. The second-order valence-corrected chi connectivity index (χ2v) is 13.0. The van der Waals surface area contributed by atoms with Crippen LogP contribution < -0.4 is 10.9 Å². The van der Waals surface area contributed by atoms with Gasteiger partial charge >= 0.3 is 18.2 Å². The molecule has 0 bridgehead atoms. The van der Waals surface area contributed by atoms with Gasteiger partial charge in [-0.05, 0) is 92.4 Å². The Kier molecular flexibility index (Phi) is 11.0. The van der Waals surface area contributed by atoms with E-state index in [0.717, 1.165) is 12.1 Å². The van der Waals surface area contributed by atoms with Crippen LogP contribution in [0.1, 0.15) is 73.2 Å². The summed E-state index contributed by atoms with van der Waals surface area (Å²) in [6, 6.07) is 8.70. The summed E-state index contributed by atoms with van der Waals surface area (Å²) in [5.41, 5.74) is -1.95. The van der Waals surface area contributed by atoms with Crippen LogP contribution in [0.3, 0.4) is 0 Å². The summed E-state index contributed by atoms with van der Waals surface area (Å²) in [5.74, 6) is -3.17. The monoisotopic (exact) mass is 722 g/mol. The average molecular weight is 724 g/mol. The number of aliphatic carboxylic acids is 1. The predicted octanol–water partition coefficient (Wildman–Crippen LogP) is 8.35. The fraction of sp³-hybridized carbons (Fsp3) is 0.294. The summed E-state index contributed by atoms with van der Waals surface area (Å²) >= 11 is 12.2. The first-order valence-electron chi connectivity index (χ1n) is 14.7. The third-order valence-corrected chi connectivity index (χ3v) is 8.07. The molecule has 3 aromatic carbocycles. The maximum atomic E-state index is 14.1. The number of benzene rings is 3. The van der Waals surface area contributed by atoms with Crippen LogP contribution in [0.25, 0.3) is 11.1 Å². The molecule has 2 unspecified atom stereocenters. The maximum absolute atomic E-state index is 14.1. The number of rotatable bonds is 8. The minimum atomic E-state index is -4.95. The van der Waals surface area contributed by atoms with Gasteiger partial charge in [0.15, 0.2) is 0 Å². The number of alkyl halides is 3. The molecule has 0 saturated heterocycles. The number of amides is 2. The highest BCUT2D eigenvalue weighted by Gasteiger charge is 2.34. The van der Waals surface area contributed by atoms with E-state index in [9.17, 15) is 37.1 Å². The quantitative estimate of drug-likeness (QED) is 0.178. The lowest BCUT2D eigenvalue weighted by Crippen LogP contribution is -2.31. The molecule has 1 heterocycles. The first-order chi connectivity index (χ1) is 22.7. The third kappa shape index (κ3) is 9.30. The van der Waals surface area contributed by atoms with Crippen molar-refractivity contribution in [2.75, 3.05) is 0 Å². The number of imidazole rings is 1. The van der Waals surface area contributed by atoms with Crippen LogP contribution in [0.2, 0.25) is 10.0 Å². The normalized spacial score (nSPS) is 13.6. The number of nitrogens with one attached hydrogen (secondary N) is 1. The van der Waals surface area contributed by atoms with E-state index in [0.29, 0.717) is 17.2 Å².